The van der Waals surface area contributed by atoms with Gasteiger partial charge in [-0.05, 0) is 24.2 Å². The maximum absolute atomic E-state index is 9.25. The number of hydrogen-bond donors (Lipinski definition) is 2. The highest BCUT2D eigenvalue weighted by Crippen LogP contribution is 2.24. The molecule has 2 N–H and O–H groups in total. The molecule has 0 heterocycles. The van der Waals surface area contributed by atoms with Crippen molar-refractivity contribution in [1.82, 2.24) is 5.32 Å². The Morgan fingerprint density at radius 1 is 1.21 bits per heavy atom. The molecule has 1 aliphatic carbocycles. The van der Waals surface area contributed by atoms with E-state index in [4.69, 9.17) is 0 Å². The van der Waals surface area contributed by atoms with E-state index in [-0.39, 0.29) is 0 Å². The molecule has 2 unspecified atom stereocenters. The molecule has 0 bridgehead atoms. The van der Waals surface area contributed by atoms with Gasteiger partial charge in [0.1, 0.15) is 0 Å². The molecule has 0 spiro atoms. The minimum atomic E-state index is 0.345. The van der Waals surface area contributed by atoms with Crippen LogP contribution in [0.1, 0.15) is 46.5 Å². The summed E-state index contributed by atoms with van der Waals surface area (Å²) in [5, 5.41) is 12.9. The first-order valence-corrected chi connectivity index (χ1v) is 5.87. The first-order valence-electron chi connectivity index (χ1n) is 5.87. The molecule has 2 heteroatoms. The third-order valence-corrected chi connectivity index (χ3v) is 3.04. The van der Waals surface area contributed by atoms with Crippen LogP contribution < -0.4 is 5.32 Å². The van der Waals surface area contributed by atoms with Crippen LogP contribution in [0.2, 0.25) is 0 Å². The van der Waals surface area contributed by atoms with E-state index >= 15 is 0 Å². The second kappa shape index (κ2) is 5.13. The van der Waals surface area contributed by atoms with Gasteiger partial charge in [0.25, 0.3) is 0 Å². The van der Waals surface area contributed by atoms with Gasteiger partial charge in [0.15, 0.2) is 0 Å². The Labute approximate surface area is 88.1 Å². The summed E-state index contributed by atoms with van der Waals surface area (Å²) in [6, 6.07) is 0.549. The van der Waals surface area contributed by atoms with Crippen molar-refractivity contribution < 1.29 is 5.11 Å². The summed E-state index contributed by atoms with van der Waals surface area (Å²) in [5.74, 6) is 0.492. The molecule has 0 saturated heterocycles. The first-order chi connectivity index (χ1) is 6.53. The van der Waals surface area contributed by atoms with Crippen LogP contribution in [0.5, 0.6) is 0 Å². The lowest BCUT2D eigenvalue weighted by Crippen LogP contribution is -2.43. The normalized spacial score (nSPS) is 29.1. The summed E-state index contributed by atoms with van der Waals surface area (Å²) >= 11 is 0. The van der Waals surface area contributed by atoms with Gasteiger partial charge >= 0.3 is 0 Å². The first kappa shape index (κ1) is 12.0. The van der Waals surface area contributed by atoms with E-state index < -0.39 is 0 Å². The molecule has 2 nitrogen and oxygen atoms in total. The Morgan fingerprint density at radius 2 is 1.86 bits per heavy atom. The van der Waals surface area contributed by atoms with Crippen LogP contribution in [0.15, 0.2) is 0 Å². The van der Waals surface area contributed by atoms with Gasteiger partial charge < -0.3 is 10.4 Å². The van der Waals surface area contributed by atoms with Crippen molar-refractivity contribution >= 4 is 0 Å². The van der Waals surface area contributed by atoms with Gasteiger partial charge in [0.2, 0.25) is 0 Å². The fraction of sp³-hybridized carbons (Fsp3) is 1.00. The topological polar surface area (TPSA) is 32.3 Å². The zero-order chi connectivity index (χ0) is 10.6. The molecule has 0 aromatic heterocycles. The average Bonchev–Trinajstić information content (AvgIpc) is 2.14. The van der Waals surface area contributed by atoms with Gasteiger partial charge in [-0.1, -0.05) is 33.6 Å². The smallest absolute Gasteiger partial charge is 0.0474 e. The van der Waals surface area contributed by atoms with E-state index in [2.05, 4.69) is 26.1 Å². The van der Waals surface area contributed by atoms with Gasteiger partial charge in [-0.3, -0.25) is 0 Å². The summed E-state index contributed by atoms with van der Waals surface area (Å²) < 4.78 is 0. The van der Waals surface area contributed by atoms with Crippen LogP contribution in [0.4, 0.5) is 0 Å². The molecule has 0 aromatic rings. The van der Waals surface area contributed by atoms with Crippen molar-refractivity contribution in [2.75, 3.05) is 13.2 Å². The SMILES string of the molecule is CC(C)(C)CNC1CCCCC1CO. The lowest BCUT2D eigenvalue weighted by molar-refractivity contribution is 0.146. The Morgan fingerprint density at radius 3 is 2.43 bits per heavy atom. The molecular weight excluding hydrogens is 174 g/mol. The molecule has 1 fully saturated rings. The van der Waals surface area contributed by atoms with Crippen LogP contribution >= 0.6 is 0 Å². The fourth-order valence-electron chi connectivity index (χ4n) is 2.13. The molecule has 1 saturated carbocycles. The Balaban J connectivity index is 2.33. The van der Waals surface area contributed by atoms with Gasteiger partial charge in [-0.2, -0.15) is 0 Å². The predicted molar refractivity (Wildman–Crippen MR) is 60.3 cm³/mol. The molecule has 1 rings (SSSR count). The van der Waals surface area contributed by atoms with Crippen LogP contribution in [0.25, 0.3) is 0 Å². The van der Waals surface area contributed by atoms with Crippen molar-refractivity contribution in [1.29, 1.82) is 0 Å². The molecule has 2 atom stereocenters. The number of aliphatic hydroxyl groups is 1. The predicted octanol–water partition coefficient (Wildman–Crippen LogP) is 2.17. The van der Waals surface area contributed by atoms with Crippen molar-refractivity contribution in [2.24, 2.45) is 11.3 Å². The van der Waals surface area contributed by atoms with Crippen molar-refractivity contribution in [3.63, 3.8) is 0 Å². The highest BCUT2D eigenvalue weighted by Gasteiger charge is 2.25. The maximum atomic E-state index is 9.25. The molecule has 0 aliphatic heterocycles. The summed E-state index contributed by atoms with van der Waals surface area (Å²) in [5.41, 5.74) is 0.345. The lowest BCUT2D eigenvalue weighted by Gasteiger charge is -2.33. The second-order valence-corrected chi connectivity index (χ2v) is 5.78. The van der Waals surface area contributed by atoms with E-state index in [0.717, 1.165) is 6.54 Å². The van der Waals surface area contributed by atoms with Gasteiger partial charge in [-0.15, -0.1) is 0 Å². The van der Waals surface area contributed by atoms with Crippen molar-refractivity contribution in [3.05, 3.63) is 0 Å². The molecule has 14 heavy (non-hydrogen) atoms. The number of aliphatic hydroxyl groups excluding tert-OH is 1. The van der Waals surface area contributed by atoms with E-state index in [1.165, 1.54) is 25.7 Å². The van der Waals surface area contributed by atoms with Gasteiger partial charge in [-0.25, -0.2) is 0 Å². The molecule has 1 aliphatic rings. The highest BCUT2D eigenvalue weighted by atomic mass is 16.3. The van der Waals surface area contributed by atoms with Crippen LogP contribution in [-0.4, -0.2) is 24.3 Å². The second-order valence-electron chi connectivity index (χ2n) is 5.78. The molecular formula is C12H25NO. The minimum Gasteiger partial charge on any atom is -0.396 e. The number of hydrogen-bond acceptors (Lipinski definition) is 2. The number of nitrogens with one attached hydrogen (secondary N) is 1. The van der Waals surface area contributed by atoms with E-state index in [1.54, 1.807) is 0 Å². The lowest BCUT2D eigenvalue weighted by atomic mass is 9.84. The van der Waals surface area contributed by atoms with Crippen molar-refractivity contribution in [2.45, 2.75) is 52.5 Å². The Hall–Kier alpha value is -0.0800. The minimum absolute atomic E-state index is 0.345. The Kier molecular flexibility index (Phi) is 4.39. The monoisotopic (exact) mass is 199 g/mol. The standard InChI is InChI=1S/C12H25NO/c1-12(2,3)9-13-11-7-5-4-6-10(11)8-14/h10-11,13-14H,4-9H2,1-3H3. The van der Waals surface area contributed by atoms with Crippen LogP contribution in [0, 0.1) is 11.3 Å². The molecule has 84 valence electrons. The summed E-state index contributed by atoms with van der Waals surface area (Å²) in [4.78, 5) is 0. The summed E-state index contributed by atoms with van der Waals surface area (Å²) in [6.07, 6.45) is 5.04. The third-order valence-electron chi connectivity index (χ3n) is 3.04. The Bertz CT molecular complexity index is 162. The molecule has 0 amide bonds. The zero-order valence-corrected chi connectivity index (χ0v) is 9.84. The zero-order valence-electron chi connectivity index (χ0n) is 9.84. The summed E-state index contributed by atoms with van der Waals surface area (Å²) in [6.45, 7) is 8.14. The average molecular weight is 199 g/mol. The van der Waals surface area contributed by atoms with Gasteiger partial charge in [0.05, 0.1) is 0 Å². The molecule has 0 radical (unpaired) electrons. The highest BCUT2D eigenvalue weighted by molar-refractivity contribution is 4.82. The maximum Gasteiger partial charge on any atom is 0.0474 e. The van der Waals surface area contributed by atoms with Crippen molar-refractivity contribution in [3.8, 4) is 0 Å². The van der Waals surface area contributed by atoms with Crippen LogP contribution in [0.3, 0.4) is 0 Å². The fourth-order valence-corrected chi connectivity index (χ4v) is 2.13. The molecule has 0 aromatic carbocycles. The van der Waals surface area contributed by atoms with E-state index in [1.807, 2.05) is 0 Å². The van der Waals surface area contributed by atoms with Crippen LogP contribution in [-0.2, 0) is 0 Å². The largest absolute Gasteiger partial charge is 0.396 e. The quantitative estimate of drug-likeness (QED) is 0.730. The third kappa shape index (κ3) is 3.97. The van der Waals surface area contributed by atoms with E-state index in [9.17, 15) is 5.11 Å². The van der Waals surface area contributed by atoms with Gasteiger partial charge in [0, 0.05) is 19.2 Å². The summed E-state index contributed by atoms with van der Waals surface area (Å²) in [7, 11) is 0. The number of rotatable bonds is 3. The van der Waals surface area contributed by atoms with E-state index in [0.29, 0.717) is 24.0 Å².